The van der Waals surface area contributed by atoms with Gasteiger partial charge in [-0.3, -0.25) is 4.79 Å². The molecule has 0 spiro atoms. The molecule has 1 heterocycles. The average Bonchev–Trinajstić information content (AvgIpc) is 3.25. The largest absolute Gasteiger partial charge is 0.377 e. The lowest BCUT2D eigenvalue weighted by Crippen LogP contribution is -2.53. The van der Waals surface area contributed by atoms with Crippen LogP contribution >= 0.6 is 0 Å². The molecule has 0 radical (unpaired) electrons. The molecule has 6 atom stereocenters. The van der Waals surface area contributed by atoms with E-state index in [1.54, 1.807) is 0 Å². The highest BCUT2D eigenvalue weighted by atomic mass is 16.7. The van der Waals surface area contributed by atoms with Gasteiger partial charge < -0.3 is 14.2 Å². The summed E-state index contributed by atoms with van der Waals surface area (Å²) in [6, 6.07) is 0. The molecule has 0 bridgehead atoms. The summed E-state index contributed by atoms with van der Waals surface area (Å²) >= 11 is 0. The summed E-state index contributed by atoms with van der Waals surface area (Å²) in [5, 5.41) is 0. The monoisotopic (exact) mass is 406 g/mol. The highest BCUT2D eigenvalue weighted by molar-refractivity contribution is 5.85. The molecule has 2 unspecified atom stereocenters. The molecule has 4 nitrogen and oxygen atoms in total. The maximum absolute atomic E-state index is 13.2. The van der Waals surface area contributed by atoms with Crippen molar-refractivity contribution in [3.63, 3.8) is 0 Å². The normalized spacial score (nSPS) is 44.1. The summed E-state index contributed by atoms with van der Waals surface area (Å²) in [7, 11) is 0. The second-order valence-electron chi connectivity index (χ2n) is 11.4. The Kier molecular flexibility index (Phi) is 5.94. The fourth-order valence-electron chi connectivity index (χ4n) is 7.32. The van der Waals surface area contributed by atoms with Crippen LogP contribution in [-0.4, -0.2) is 37.5 Å². The quantitative estimate of drug-likeness (QED) is 0.594. The van der Waals surface area contributed by atoms with Crippen LogP contribution in [0.5, 0.6) is 0 Å². The van der Waals surface area contributed by atoms with Gasteiger partial charge in [-0.1, -0.05) is 27.7 Å². The molecule has 3 aliphatic carbocycles. The standard InChI is InChI=1S/C25H42O4/c1-17(2)16-27-22-9-7-19-18-6-8-21(26)23(3,20(18)10-11-24(19,22)4)12-13-25(5)28-14-15-29-25/h17-20,22H,6-16H2,1-5H3/t18?,19?,20-,22-,23+,24-/m1/s1. The van der Waals surface area contributed by atoms with Crippen molar-refractivity contribution in [2.45, 2.75) is 97.9 Å². The third-order valence-electron chi connectivity index (χ3n) is 9.14. The SMILES string of the molecule is CC(C)CO[C@@H]1CCC2C3CCC(=O)[C@@](C)(CCC4(C)OCCO4)[C@@H]3CC[C@]21C. The van der Waals surface area contributed by atoms with Crippen LogP contribution in [-0.2, 0) is 19.0 Å². The van der Waals surface area contributed by atoms with Crippen LogP contribution in [0.4, 0.5) is 0 Å². The number of Topliss-reactive ketones (excluding diaryl/α,β-unsaturated/α-hetero) is 1. The average molecular weight is 407 g/mol. The molecular formula is C25H42O4. The molecule has 0 aromatic carbocycles. The first kappa shape index (κ1) is 21.8. The highest BCUT2D eigenvalue weighted by Crippen LogP contribution is 2.63. The maximum Gasteiger partial charge on any atom is 0.165 e. The second-order valence-corrected chi connectivity index (χ2v) is 11.4. The van der Waals surface area contributed by atoms with Gasteiger partial charge in [-0.15, -0.1) is 0 Å². The van der Waals surface area contributed by atoms with E-state index in [1.165, 1.54) is 25.7 Å². The van der Waals surface area contributed by atoms with E-state index < -0.39 is 5.79 Å². The zero-order valence-electron chi connectivity index (χ0n) is 19.3. The Morgan fingerprint density at radius 3 is 2.41 bits per heavy atom. The number of carbonyl (C=O) groups excluding carboxylic acids is 1. The van der Waals surface area contributed by atoms with E-state index in [0.29, 0.717) is 54.2 Å². The van der Waals surface area contributed by atoms with E-state index >= 15 is 0 Å². The number of hydrogen-bond donors (Lipinski definition) is 0. The van der Waals surface area contributed by atoms with Crippen molar-refractivity contribution in [2.75, 3.05) is 19.8 Å². The summed E-state index contributed by atoms with van der Waals surface area (Å²) in [5.41, 5.74) is 0.0699. The first-order valence-electron chi connectivity index (χ1n) is 12.1. The molecule has 166 valence electrons. The van der Waals surface area contributed by atoms with Crippen LogP contribution in [0.2, 0.25) is 0 Å². The number of carbonyl (C=O) groups is 1. The van der Waals surface area contributed by atoms with Crippen LogP contribution in [0.3, 0.4) is 0 Å². The summed E-state index contributed by atoms with van der Waals surface area (Å²) in [4.78, 5) is 13.2. The van der Waals surface area contributed by atoms with Gasteiger partial charge in [-0.05, 0) is 74.5 Å². The number of rotatable bonds is 6. The van der Waals surface area contributed by atoms with Crippen LogP contribution in [0.1, 0.15) is 86.0 Å². The fraction of sp³-hybridized carbons (Fsp3) is 0.960. The highest BCUT2D eigenvalue weighted by Gasteiger charge is 2.60. The van der Waals surface area contributed by atoms with Crippen molar-refractivity contribution in [2.24, 2.45) is 34.5 Å². The van der Waals surface area contributed by atoms with Crippen molar-refractivity contribution >= 4 is 5.78 Å². The molecule has 0 amide bonds. The first-order chi connectivity index (χ1) is 13.7. The molecule has 0 aromatic heterocycles. The smallest absolute Gasteiger partial charge is 0.165 e. The summed E-state index contributed by atoms with van der Waals surface area (Å²) in [5.74, 6) is 2.46. The van der Waals surface area contributed by atoms with Crippen molar-refractivity contribution < 1.29 is 19.0 Å². The molecule has 29 heavy (non-hydrogen) atoms. The molecule has 4 fully saturated rings. The van der Waals surface area contributed by atoms with Crippen molar-refractivity contribution in [3.8, 4) is 0 Å². The first-order valence-corrected chi connectivity index (χ1v) is 12.1. The fourth-order valence-corrected chi connectivity index (χ4v) is 7.32. The third-order valence-corrected chi connectivity index (χ3v) is 9.14. The van der Waals surface area contributed by atoms with Crippen LogP contribution in [0, 0.1) is 34.5 Å². The molecule has 0 aromatic rings. The predicted octanol–water partition coefficient (Wildman–Crippen LogP) is 5.38. The Hall–Kier alpha value is -0.450. The van der Waals surface area contributed by atoms with Crippen LogP contribution < -0.4 is 0 Å². The topological polar surface area (TPSA) is 44.8 Å². The maximum atomic E-state index is 13.2. The van der Waals surface area contributed by atoms with Gasteiger partial charge in [0.25, 0.3) is 0 Å². The zero-order valence-corrected chi connectivity index (χ0v) is 19.3. The van der Waals surface area contributed by atoms with Gasteiger partial charge in [0.1, 0.15) is 5.78 Å². The lowest BCUT2D eigenvalue weighted by atomic mass is 9.49. The Labute approximate surface area is 177 Å². The Morgan fingerprint density at radius 1 is 1.00 bits per heavy atom. The van der Waals surface area contributed by atoms with E-state index in [4.69, 9.17) is 14.2 Å². The molecule has 1 aliphatic heterocycles. The molecule has 4 rings (SSSR count). The van der Waals surface area contributed by atoms with Gasteiger partial charge in [0, 0.05) is 24.9 Å². The molecule has 4 heteroatoms. The minimum absolute atomic E-state index is 0.223. The predicted molar refractivity (Wildman–Crippen MR) is 114 cm³/mol. The third kappa shape index (κ3) is 3.83. The van der Waals surface area contributed by atoms with Gasteiger partial charge >= 0.3 is 0 Å². The minimum Gasteiger partial charge on any atom is -0.377 e. The number of ether oxygens (including phenoxy) is 3. The molecule has 0 N–H and O–H groups in total. The lowest BCUT2D eigenvalue weighted by Gasteiger charge is -2.56. The zero-order chi connectivity index (χ0) is 20.9. The number of ketones is 1. The van der Waals surface area contributed by atoms with Gasteiger partial charge in [0.05, 0.1) is 19.3 Å². The second kappa shape index (κ2) is 7.91. The van der Waals surface area contributed by atoms with Gasteiger partial charge in [-0.25, -0.2) is 0 Å². The molecule has 4 aliphatic rings. The van der Waals surface area contributed by atoms with E-state index in [9.17, 15) is 4.79 Å². The molecule has 1 saturated heterocycles. The Morgan fingerprint density at radius 2 is 1.72 bits per heavy atom. The van der Waals surface area contributed by atoms with E-state index in [-0.39, 0.29) is 5.41 Å². The van der Waals surface area contributed by atoms with E-state index in [0.717, 1.165) is 32.3 Å². The van der Waals surface area contributed by atoms with Crippen LogP contribution in [0.25, 0.3) is 0 Å². The Balaban J connectivity index is 1.49. The van der Waals surface area contributed by atoms with Crippen molar-refractivity contribution in [1.82, 2.24) is 0 Å². The van der Waals surface area contributed by atoms with Crippen molar-refractivity contribution in [1.29, 1.82) is 0 Å². The van der Waals surface area contributed by atoms with E-state index in [1.807, 2.05) is 6.92 Å². The Bertz CT molecular complexity index is 610. The summed E-state index contributed by atoms with van der Waals surface area (Å²) < 4.78 is 18.1. The van der Waals surface area contributed by atoms with E-state index in [2.05, 4.69) is 27.7 Å². The minimum atomic E-state index is -0.497. The van der Waals surface area contributed by atoms with Gasteiger partial charge in [-0.2, -0.15) is 0 Å². The molecule has 3 saturated carbocycles. The lowest BCUT2D eigenvalue weighted by molar-refractivity contribution is -0.166. The molecular weight excluding hydrogens is 364 g/mol. The van der Waals surface area contributed by atoms with Gasteiger partial charge in [0.2, 0.25) is 0 Å². The van der Waals surface area contributed by atoms with Crippen molar-refractivity contribution in [3.05, 3.63) is 0 Å². The summed E-state index contributed by atoms with van der Waals surface area (Å²) in [6.07, 6.45) is 8.78. The van der Waals surface area contributed by atoms with Crippen LogP contribution in [0.15, 0.2) is 0 Å². The number of hydrogen-bond acceptors (Lipinski definition) is 4. The van der Waals surface area contributed by atoms with Gasteiger partial charge in [0.15, 0.2) is 5.79 Å². The summed E-state index contributed by atoms with van der Waals surface area (Å²) in [6.45, 7) is 13.5. The number of fused-ring (bicyclic) bond motifs is 3.